The Kier molecular flexibility index (Phi) is 5.93. The number of rotatable bonds is 6. The maximum Gasteiger partial charge on any atom is 0.319 e. The number of fused-ring (bicyclic) bond motifs is 1. The minimum absolute atomic E-state index is 0.346. The summed E-state index contributed by atoms with van der Waals surface area (Å²) in [4.78, 5) is 21.4. The number of nitrogens with zero attached hydrogens (tertiary/aromatic N) is 3. The van der Waals surface area contributed by atoms with Crippen LogP contribution in [-0.4, -0.2) is 27.1 Å². The predicted octanol–water partition coefficient (Wildman–Crippen LogP) is 5.07. The molecule has 7 heteroatoms. The molecule has 0 aliphatic rings. The number of aromatic nitrogens is 3. The molecule has 0 saturated heterocycles. The van der Waals surface area contributed by atoms with Crippen LogP contribution in [0.15, 0.2) is 60.8 Å². The largest absolute Gasteiger partial charge is 0.338 e. The zero-order valence-electron chi connectivity index (χ0n) is 17.5. The van der Waals surface area contributed by atoms with Crippen molar-refractivity contribution in [3.05, 3.63) is 77.7 Å². The molecule has 0 unspecified atom stereocenters. The molecular formula is C24H24FN5O. The number of imidazole rings is 1. The molecule has 0 saturated carbocycles. The maximum absolute atomic E-state index is 13.6. The SMILES string of the molecule is Cc1ccc(-c2nc3cccnc3n2CCCNC(=O)Nc2ccc(C)c(F)c2)cc1. The highest BCUT2D eigenvalue weighted by molar-refractivity contribution is 5.89. The number of aryl methyl sites for hydroxylation is 3. The minimum Gasteiger partial charge on any atom is -0.338 e. The Morgan fingerprint density at radius 2 is 1.90 bits per heavy atom. The minimum atomic E-state index is -0.365. The summed E-state index contributed by atoms with van der Waals surface area (Å²) >= 11 is 0. The molecule has 0 aliphatic heterocycles. The highest BCUT2D eigenvalue weighted by Gasteiger charge is 2.13. The summed E-state index contributed by atoms with van der Waals surface area (Å²) < 4.78 is 15.7. The number of halogens is 1. The Morgan fingerprint density at radius 1 is 1.10 bits per heavy atom. The van der Waals surface area contributed by atoms with Crippen molar-refractivity contribution >= 4 is 22.9 Å². The van der Waals surface area contributed by atoms with Gasteiger partial charge in [0.15, 0.2) is 5.65 Å². The van der Waals surface area contributed by atoms with E-state index in [2.05, 4.69) is 51.4 Å². The lowest BCUT2D eigenvalue weighted by molar-refractivity contribution is 0.252. The molecule has 6 nitrogen and oxygen atoms in total. The first kappa shape index (κ1) is 20.5. The molecule has 2 N–H and O–H groups in total. The van der Waals surface area contributed by atoms with E-state index in [0.717, 1.165) is 22.6 Å². The van der Waals surface area contributed by atoms with Crippen molar-refractivity contribution in [2.45, 2.75) is 26.8 Å². The molecule has 2 amide bonds. The Morgan fingerprint density at radius 3 is 2.68 bits per heavy atom. The molecule has 2 heterocycles. The molecule has 0 bridgehead atoms. The van der Waals surface area contributed by atoms with Crippen LogP contribution < -0.4 is 10.6 Å². The number of pyridine rings is 1. The number of carbonyl (C=O) groups is 1. The van der Waals surface area contributed by atoms with Crippen LogP contribution in [-0.2, 0) is 6.54 Å². The van der Waals surface area contributed by atoms with Crippen LogP contribution >= 0.6 is 0 Å². The second kappa shape index (κ2) is 8.95. The Hall–Kier alpha value is -3.74. The van der Waals surface area contributed by atoms with Crippen molar-refractivity contribution in [1.29, 1.82) is 0 Å². The van der Waals surface area contributed by atoms with Gasteiger partial charge in [0.25, 0.3) is 0 Å². The number of hydrogen-bond donors (Lipinski definition) is 2. The quantitative estimate of drug-likeness (QED) is 0.431. The standard InChI is InChI=1S/C24H24FN5O/c1-16-6-9-18(10-7-16)22-29-21-5-3-12-26-23(21)30(22)14-4-13-27-24(31)28-19-11-8-17(2)20(25)15-19/h3,5-12,15H,4,13-14H2,1-2H3,(H2,27,28,31). The van der Waals surface area contributed by atoms with Gasteiger partial charge in [0.05, 0.1) is 0 Å². The highest BCUT2D eigenvalue weighted by atomic mass is 19.1. The summed E-state index contributed by atoms with van der Waals surface area (Å²) in [7, 11) is 0. The van der Waals surface area contributed by atoms with Crippen LogP contribution in [0.1, 0.15) is 17.5 Å². The van der Waals surface area contributed by atoms with Crippen molar-refractivity contribution in [2.24, 2.45) is 0 Å². The summed E-state index contributed by atoms with van der Waals surface area (Å²) in [5.74, 6) is 0.509. The number of nitrogens with one attached hydrogen (secondary N) is 2. The monoisotopic (exact) mass is 417 g/mol. The summed E-state index contributed by atoms with van der Waals surface area (Å²) in [6, 6.07) is 16.3. The lowest BCUT2D eigenvalue weighted by atomic mass is 10.1. The molecule has 0 radical (unpaired) electrons. The average molecular weight is 417 g/mol. The van der Waals surface area contributed by atoms with Crippen molar-refractivity contribution in [3.8, 4) is 11.4 Å². The lowest BCUT2D eigenvalue weighted by Gasteiger charge is -2.11. The van der Waals surface area contributed by atoms with Crippen LogP contribution in [0.2, 0.25) is 0 Å². The second-order valence-corrected chi connectivity index (χ2v) is 7.50. The second-order valence-electron chi connectivity index (χ2n) is 7.50. The van der Waals surface area contributed by atoms with E-state index in [1.807, 2.05) is 12.1 Å². The molecule has 4 rings (SSSR count). The Bertz CT molecular complexity index is 1220. The van der Waals surface area contributed by atoms with E-state index >= 15 is 0 Å². The normalized spacial score (nSPS) is 10.9. The average Bonchev–Trinajstić information content (AvgIpc) is 3.13. The number of carbonyl (C=O) groups excluding carboxylic acids is 1. The third-order valence-corrected chi connectivity index (χ3v) is 5.09. The van der Waals surface area contributed by atoms with E-state index in [0.29, 0.717) is 30.8 Å². The smallest absolute Gasteiger partial charge is 0.319 e. The topological polar surface area (TPSA) is 71.8 Å². The van der Waals surface area contributed by atoms with Gasteiger partial charge in [-0.15, -0.1) is 0 Å². The molecule has 2 aromatic heterocycles. The first-order valence-electron chi connectivity index (χ1n) is 10.2. The van der Waals surface area contributed by atoms with Crippen LogP contribution in [0.25, 0.3) is 22.6 Å². The van der Waals surface area contributed by atoms with Crippen LogP contribution in [0.3, 0.4) is 0 Å². The first-order chi connectivity index (χ1) is 15.0. The van der Waals surface area contributed by atoms with E-state index in [-0.39, 0.29) is 11.8 Å². The third-order valence-electron chi connectivity index (χ3n) is 5.09. The van der Waals surface area contributed by atoms with Crippen molar-refractivity contribution in [1.82, 2.24) is 19.9 Å². The predicted molar refractivity (Wildman–Crippen MR) is 120 cm³/mol. The van der Waals surface area contributed by atoms with Gasteiger partial charge in [0.1, 0.15) is 17.2 Å². The highest BCUT2D eigenvalue weighted by Crippen LogP contribution is 2.24. The fourth-order valence-corrected chi connectivity index (χ4v) is 3.38. The van der Waals surface area contributed by atoms with Gasteiger partial charge in [0, 0.05) is 30.5 Å². The Labute approximate surface area is 180 Å². The zero-order chi connectivity index (χ0) is 21.8. The fraction of sp³-hybridized carbons (Fsp3) is 0.208. The van der Waals surface area contributed by atoms with Gasteiger partial charge in [-0.1, -0.05) is 35.9 Å². The van der Waals surface area contributed by atoms with Gasteiger partial charge >= 0.3 is 6.03 Å². The van der Waals surface area contributed by atoms with Gasteiger partial charge in [0.2, 0.25) is 0 Å². The number of benzene rings is 2. The molecule has 0 aliphatic carbocycles. The van der Waals surface area contributed by atoms with E-state index in [1.165, 1.54) is 11.6 Å². The molecule has 0 atom stereocenters. The summed E-state index contributed by atoms with van der Waals surface area (Å²) in [5, 5.41) is 5.47. The molecular weight excluding hydrogens is 393 g/mol. The van der Waals surface area contributed by atoms with Crippen LogP contribution in [0, 0.1) is 19.7 Å². The van der Waals surface area contributed by atoms with E-state index in [4.69, 9.17) is 4.98 Å². The van der Waals surface area contributed by atoms with E-state index < -0.39 is 0 Å². The zero-order valence-corrected chi connectivity index (χ0v) is 17.5. The van der Waals surface area contributed by atoms with Crippen molar-refractivity contribution in [2.75, 3.05) is 11.9 Å². The number of anilines is 1. The number of urea groups is 1. The van der Waals surface area contributed by atoms with Gasteiger partial charge < -0.3 is 15.2 Å². The molecule has 31 heavy (non-hydrogen) atoms. The van der Waals surface area contributed by atoms with E-state index in [9.17, 15) is 9.18 Å². The molecule has 4 aromatic rings. The van der Waals surface area contributed by atoms with Gasteiger partial charge in [-0.05, 0) is 50.1 Å². The summed E-state index contributed by atoms with van der Waals surface area (Å²) in [6.07, 6.45) is 2.45. The van der Waals surface area contributed by atoms with Crippen molar-refractivity contribution in [3.63, 3.8) is 0 Å². The number of amides is 2. The summed E-state index contributed by atoms with van der Waals surface area (Å²) in [5.41, 5.74) is 4.83. The fourth-order valence-electron chi connectivity index (χ4n) is 3.38. The van der Waals surface area contributed by atoms with Crippen LogP contribution in [0.4, 0.5) is 14.9 Å². The van der Waals surface area contributed by atoms with Gasteiger partial charge in [-0.25, -0.2) is 19.2 Å². The first-order valence-corrected chi connectivity index (χ1v) is 10.2. The third kappa shape index (κ3) is 4.71. The Balaban J connectivity index is 1.41. The van der Waals surface area contributed by atoms with Gasteiger partial charge in [-0.2, -0.15) is 0 Å². The summed E-state index contributed by atoms with van der Waals surface area (Å²) in [6.45, 7) is 4.84. The molecule has 0 fully saturated rings. The molecule has 2 aromatic carbocycles. The van der Waals surface area contributed by atoms with Crippen LogP contribution in [0.5, 0.6) is 0 Å². The van der Waals surface area contributed by atoms with Crippen molar-refractivity contribution < 1.29 is 9.18 Å². The molecule has 158 valence electrons. The maximum atomic E-state index is 13.6. The van der Waals surface area contributed by atoms with E-state index in [1.54, 1.807) is 25.3 Å². The number of hydrogen-bond acceptors (Lipinski definition) is 3. The van der Waals surface area contributed by atoms with Gasteiger partial charge in [-0.3, -0.25) is 0 Å². The molecule has 0 spiro atoms. The lowest BCUT2D eigenvalue weighted by Crippen LogP contribution is -2.30.